The number of fused-ring (bicyclic) bond motifs is 1. The van der Waals surface area contributed by atoms with E-state index in [0.29, 0.717) is 10.4 Å². The van der Waals surface area contributed by atoms with Crippen molar-refractivity contribution in [3.63, 3.8) is 0 Å². The van der Waals surface area contributed by atoms with Crippen LogP contribution in [0.5, 0.6) is 0 Å². The molecule has 1 radical (unpaired) electrons. The molecule has 0 aliphatic heterocycles. The molecule has 2 aromatic rings. The maximum Gasteiger partial charge on any atom is 0.177 e. The number of aromatic nitrogens is 1. The van der Waals surface area contributed by atoms with Crippen LogP contribution in [0.15, 0.2) is 29.3 Å². The molecule has 4 heteroatoms. The second-order valence-electron chi connectivity index (χ2n) is 2.88. The highest BCUT2D eigenvalue weighted by Crippen LogP contribution is 2.20. The molecule has 1 heterocycles. The number of benzene rings is 1. The smallest absolute Gasteiger partial charge is 0.177 e. The lowest BCUT2D eigenvalue weighted by molar-refractivity contribution is 0.602. The van der Waals surface area contributed by atoms with Crippen molar-refractivity contribution in [1.82, 2.24) is 4.98 Å². The molecule has 0 atom stereocenters. The third kappa shape index (κ3) is 1.33. The lowest BCUT2D eigenvalue weighted by atomic mass is 10.2. The van der Waals surface area contributed by atoms with Crippen LogP contribution in [0.3, 0.4) is 0 Å². The van der Waals surface area contributed by atoms with E-state index in [1.807, 2.05) is 6.07 Å². The number of para-hydroxylation sites is 1. The van der Waals surface area contributed by atoms with Crippen molar-refractivity contribution in [2.45, 2.75) is 4.90 Å². The van der Waals surface area contributed by atoms with Gasteiger partial charge in [-0.3, -0.25) is 0 Å². The predicted octanol–water partition coefficient (Wildman–Crippen LogP) is 1.37. The first-order valence-corrected chi connectivity index (χ1v) is 5.66. The average molecular weight is 194 g/mol. The van der Waals surface area contributed by atoms with Gasteiger partial charge in [-0.05, 0) is 6.07 Å². The van der Waals surface area contributed by atoms with E-state index in [0.717, 1.165) is 5.39 Å². The van der Waals surface area contributed by atoms with Gasteiger partial charge in [-0.1, -0.05) is 12.1 Å². The van der Waals surface area contributed by atoms with Gasteiger partial charge in [-0.15, -0.1) is 0 Å². The predicted molar refractivity (Wildman–Crippen MR) is 50.2 cm³/mol. The highest BCUT2D eigenvalue weighted by atomic mass is 32.2. The Labute approximate surface area is 76.3 Å². The number of aromatic amines is 1. The molecular weight excluding hydrogens is 186 g/mol. The Morgan fingerprint density at radius 1 is 1.38 bits per heavy atom. The van der Waals surface area contributed by atoms with Gasteiger partial charge in [0.15, 0.2) is 9.84 Å². The maximum absolute atomic E-state index is 11.3. The molecule has 3 nitrogen and oxygen atoms in total. The van der Waals surface area contributed by atoms with Crippen LogP contribution < -0.4 is 0 Å². The van der Waals surface area contributed by atoms with Crippen LogP contribution in [0.1, 0.15) is 0 Å². The summed E-state index contributed by atoms with van der Waals surface area (Å²) in [5, 5.41) is 0.794. The highest BCUT2D eigenvalue weighted by Gasteiger charge is 2.11. The first kappa shape index (κ1) is 8.31. The molecule has 1 aromatic heterocycles. The van der Waals surface area contributed by atoms with Gasteiger partial charge in [0.1, 0.15) is 0 Å². The molecule has 0 unspecified atom stereocenters. The number of hydrogen-bond acceptors (Lipinski definition) is 2. The fourth-order valence-electron chi connectivity index (χ4n) is 1.30. The number of hydrogen-bond donors (Lipinski definition) is 1. The zero-order valence-corrected chi connectivity index (χ0v) is 7.85. The largest absolute Gasteiger partial charge is 0.359 e. The van der Waals surface area contributed by atoms with E-state index in [9.17, 15) is 8.42 Å². The fraction of sp³-hybridized carbons (Fsp3) is 0.111. The van der Waals surface area contributed by atoms with Crippen molar-refractivity contribution in [2.24, 2.45) is 0 Å². The normalized spacial score (nSPS) is 12.1. The summed E-state index contributed by atoms with van der Waals surface area (Å²) in [5.74, 6) is 0. The van der Waals surface area contributed by atoms with Crippen molar-refractivity contribution in [1.29, 1.82) is 0 Å². The molecule has 0 aliphatic carbocycles. The van der Waals surface area contributed by atoms with Gasteiger partial charge >= 0.3 is 0 Å². The Kier molecular flexibility index (Phi) is 1.66. The minimum absolute atomic E-state index is 0.325. The van der Waals surface area contributed by atoms with Crippen molar-refractivity contribution < 1.29 is 8.42 Å². The van der Waals surface area contributed by atoms with Crippen molar-refractivity contribution in [3.8, 4) is 0 Å². The van der Waals surface area contributed by atoms with Gasteiger partial charge < -0.3 is 4.98 Å². The summed E-state index contributed by atoms with van der Waals surface area (Å²) in [6, 6.07) is 8.03. The van der Waals surface area contributed by atoms with E-state index in [-0.39, 0.29) is 0 Å². The summed E-state index contributed by atoms with van der Waals surface area (Å²) >= 11 is 0. The summed E-state index contributed by atoms with van der Waals surface area (Å²) in [6.45, 7) is 0. The van der Waals surface area contributed by atoms with Gasteiger partial charge in [0, 0.05) is 23.9 Å². The lowest BCUT2D eigenvalue weighted by Crippen LogP contribution is -1.97. The molecule has 0 saturated carbocycles. The Bertz CT molecular complexity index is 539. The van der Waals surface area contributed by atoms with Crippen LogP contribution in [0.4, 0.5) is 0 Å². The molecule has 1 N–H and O–H groups in total. The summed E-state index contributed by atoms with van der Waals surface area (Å²) in [6.07, 6.45) is 2.81. The van der Waals surface area contributed by atoms with Crippen LogP contribution in [-0.2, 0) is 9.84 Å². The molecular formula is C9H8NO2S. The molecule has 13 heavy (non-hydrogen) atoms. The van der Waals surface area contributed by atoms with Crippen LogP contribution >= 0.6 is 0 Å². The second-order valence-corrected chi connectivity index (χ2v) is 4.87. The van der Waals surface area contributed by atoms with Gasteiger partial charge in [-0.2, -0.15) is 0 Å². The lowest BCUT2D eigenvalue weighted by Gasteiger charge is -1.98. The summed E-state index contributed by atoms with van der Waals surface area (Å²) in [4.78, 5) is 3.19. The van der Waals surface area contributed by atoms with Gasteiger partial charge in [0.2, 0.25) is 0 Å². The standard InChI is InChI=1S/C9H8NO2S/c1-13(11,12)8-4-2-3-7-5-6-10-9(7)8/h2-4,6,10H,1H3. The van der Waals surface area contributed by atoms with E-state index < -0.39 is 9.84 Å². The summed E-state index contributed by atoms with van der Waals surface area (Å²) in [7, 11) is -3.15. The zero-order chi connectivity index (χ0) is 9.47. The van der Waals surface area contributed by atoms with Gasteiger partial charge in [-0.25, -0.2) is 8.42 Å². The molecule has 1 aromatic carbocycles. The maximum atomic E-state index is 11.3. The van der Waals surface area contributed by atoms with Crippen LogP contribution in [0, 0.1) is 6.07 Å². The van der Waals surface area contributed by atoms with Crippen LogP contribution in [0.2, 0.25) is 0 Å². The number of nitrogens with one attached hydrogen (secondary N) is 1. The van der Waals surface area contributed by atoms with Gasteiger partial charge in [0.05, 0.1) is 10.4 Å². The van der Waals surface area contributed by atoms with E-state index >= 15 is 0 Å². The molecule has 0 fully saturated rings. The first-order valence-electron chi connectivity index (χ1n) is 3.77. The van der Waals surface area contributed by atoms with Crippen LogP contribution in [0.25, 0.3) is 10.9 Å². The summed E-state index contributed by atoms with van der Waals surface area (Å²) in [5.41, 5.74) is 0.630. The molecule has 0 bridgehead atoms. The van der Waals surface area contributed by atoms with Crippen molar-refractivity contribution >= 4 is 20.7 Å². The molecule has 0 amide bonds. The number of H-pyrrole nitrogens is 1. The van der Waals surface area contributed by atoms with Crippen molar-refractivity contribution in [2.75, 3.05) is 6.26 Å². The quantitative estimate of drug-likeness (QED) is 0.745. The van der Waals surface area contributed by atoms with Crippen molar-refractivity contribution in [3.05, 3.63) is 30.5 Å². The minimum Gasteiger partial charge on any atom is -0.359 e. The van der Waals surface area contributed by atoms with E-state index in [1.165, 1.54) is 6.26 Å². The monoisotopic (exact) mass is 194 g/mol. The van der Waals surface area contributed by atoms with E-state index in [1.54, 1.807) is 18.3 Å². The minimum atomic E-state index is -3.15. The fourth-order valence-corrected chi connectivity index (χ4v) is 2.16. The Morgan fingerprint density at radius 2 is 2.15 bits per heavy atom. The Balaban J connectivity index is 2.91. The molecule has 0 saturated heterocycles. The molecule has 67 valence electrons. The topological polar surface area (TPSA) is 49.9 Å². The summed E-state index contributed by atoms with van der Waals surface area (Å²) < 4.78 is 22.6. The molecule has 0 spiro atoms. The van der Waals surface area contributed by atoms with Gasteiger partial charge in [0.25, 0.3) is 0 Å². The number of sulfone groups is 1. The third-order valence-electron chi connectivity index (χ3n) is 1.87. The SMILES string of the molecule is CS(=O)(=O)c1cccc2[c]c[nH]c12. The number of rotatable bonds is 1. The Morgan fingerprint density at radius 3 is 2.85 bits per heavy atom. The van der Waals surface area contributed by atoms with E-state index in [4.69, 9.17) is 0 Å². The molecule has 0 aliphatic rings. The molecule has 2 rings (SSSR count). The third-order valence-corrected chi connectivity index (χ3v) is 3.01. The highest BCUT2D eigenvalue weighted by molar-refractivity contribution is 7.91. The average Bonchev–Trinajstić information content (AvgIpc) is 2.48. The van der Waals surface area contributed by atoms with Crippen LogP contribution in [-0.4, -0.2) is 19.7 Å². The zero-order valence-electron chi connectivity index (χ0n) is 7.03. The first-order chi connectivity index (χ1) is 6.09. The Hall–Kier alpha value is -1.29. The second kappa shape index (κ2) is 2.60. The van der Waals surface area contributed by atoms with E-state index in [2.05, 4.69) is 11.1 Å².